The van der Waals surface area contributed by atoms with Gasteiger partial charge in [-0.2, -0.15) is 0 Å². The SMILES string of the molecule is CCc1cc(C=O)c(C)cc1C. The van der Waals surface area contributed by atoms with Crippen molar-refractivity contribution >= 4 is 6.29 Å². The molecule has 0 unspecified atom stereocenters. The molecule has 0 fully saturated rings. The number of carbonyl (C=O) groups excluding carboxylic acids is 1. The van der Waals surface area contributed by atoms with Gasteiger partial charge in [-0.15, -0.1) is 0 Å². The Bertz CT molecular complexity index is 300. The molecule has 1 aromatic carbocycles. The predicted octanol–water partition coefficient (Wildman–Crippen LogP) is 2.68. The van der Waals surface area contributed by atoms with Crippen molar-refractivity contribution in [1.82, 2.24) is 0 Å². The third kappa shape index (κ3) is 1.55. The second kappa shape index (κ2) is 3.53. The summed E-state index contributed by atoms with van der Waals surface area (Å²) in [6.07, 6.45) is 1.92. The zero-order chi connectivity index (χ0) is 9.14. The van der Waals surface area contributed by atoms with E-state index in [0.717, 1.165) is 23.8 Å². The smallest absolute Gasteiger partial charge is 0.150 e. The topological polar surface area (TPSA) is 17.1 Å². The van der Waals surface area contributed by atoms with Crippen molar-refractivity contribution in [1.29, 1.82) is 0 Å². The second-order valence-corrected chi connectivity index (χ2v) is 3.11. The van der Waals surface area contributed by atoms with E-state index in [9.17, 15) is 4.79 Å². The van der Waals surface area contributed by atoms with Crippen LogP contribution in [0, 0.1) is 13.8 Å². The number of benzene rings is 1. The first-order chi connectivity index (χ1) is 5.69. The lowest BCUT2D eigenvalue weighted by atomic mass is 9.99. The highest BCUT2D eigenvalue weighted by Crippen LogP contribution is 2.14. The fourth-order valence-electron chi connectivity index (χ4n) is 1.42. The van der Waals surface area contributed by atoms with E-state index in [1.54, 1.807) is 0 Å². The largest absolute Gasteiger partial charge is 0.298 e. The van der Waals surface area contributed by atoms with Crippen molar-refractivity contribution in [2.24, 2.45) is 0 Å². The summed E-state index contributed by atoms with van der Waals surface area (Å²) in [6.45, 7) is 6.16. The molecule has 0 aromatic heterocycles. The van der Waals surface area contributed by atoms with Gasteiger partial charge in [0.2, 0.25) is 0 Å². The normalized spacial score (nSPS) is 9.92. The van der Waals surface area contributed by atoms with Crippen LogP contribution in [-0.2, 0) is 6.42 Å². The number of aldehydes is 1. The Morgan fingerprint density at radius 1 is 1.25 bits per heavy atom. The van der Waals surface area contributed by atoms with Gasteiger partial charge in [0.05, 0.1) is 0 Å². The Morgan fingerprint density at radius 3 is 2.42 bits per heavy atom. The molecule has 12 heavy (non-hydrogen) atoms. The Morgan fingerprint density at radius 2 is 1.92 bits per heavy atom. The molecule has 1 aromatic rings. The van der Waals surface area contributed by atoms with E-state index >= 15 is 0 Å². The molecular weight excluding hydrogens is 148 g/mol. The third-order valence-electron chi connectivity index (χ3n) is 2.23. The van der Waals surface area contributed by atoms with E-state index in [0.29, 0.717) is 0 Å². The molecule has 0 aliphatic rings. The van der Waals surface area contributed by atoms with Crippen LogP contribution in [-0.4, -0.2) is 6.29 Å². The first-order valence-electron chi connectivity index (χ1n) is 4.24. The molecule has 0 N–H and O–H groups in total. The molecule has 64 valence electrons. The molecule has 0 aliphatic heterocycles. The molecule has 1 heteroatoms. The van der Waals surface area contributed by atoms with Crippen molar-refractivity contribution in [2.45, 2.75) is 27.2 Å². The summed E-state index contributed by atoms with van der Waals surface area (Å²) in [4.78, 5) is 10.6. The summed E-state index contributed by atoms with van der Waals surface area (Å²) in [5, 5.41) is 0. The molecule has 0 saturated heterocycles. The summed E-state index contributed by atoms with van der Waals surface area (Å²) in [7, 11) is 0. The molecule has 1 rings (SSSR count). The molecule has 0 bridgehead atoms. The highest BCUT2D eigenvalue weighted by atomic mass is 16.1. The average molecular weight is 162 g/mol. The van der Waals surface area contributed by atoms with Crippen molar-refractivity contribution < 1.29 is 4.79 Å². The first kappa shape index (κ1) is 8.98. The minimum absolute atomic E-state index is 0.817. The Labute approximate surface area is 73.4 Å². The standard InChI is InChI=1S/C11H14O/c1-4-10-6-11(7-12)9(3)5-8(10)2/h5-7H,4H2,1-3H3. The summed E-state index contributed by atoms with van der Waals surface area (Å²) in [6, 6.07) is 4.06. The van der Waals surface area contributed by atoms with Gasteiger partial charge in [0.15, 0.2) is 0 Å². The van der Waals surface area contributed by atoms with Crippen LogP contribution in [0.15, 0.2) is 12.1 Å². The van der Waals surface area contributed by atoms with Crippen LogP contribution in [0.4, 0.5) is 0 Å². The molecule has 0 heterocycles. The van der Waals surface area contributed by atoms with E-state index in [1.807, 2.05) is 13.0 Å². The third-order valence-corrected chi connectivity index (χ3v) is 2.23. The van der Waals surface area contributed by atoms with Crippen molar-refractivity contribution in [3.63, 3.8) is 0 Å². The number of aryl methyl sites for hydroxylation is 3. The number of hydrogen-bond acceptors (Lipinski definition) is 1. The van der Waals surface area contributed by atoms with E-state index in [2.05, 4.69) is 19.9 Å². The van der Waals surface area contributed by atoms with Crippen LogP contribution in [0.3, 0.4) is 0 Å². The highest BCUT2D eigenvalue weighted by molar-refractivity contribution is 5.77. The average Bonchev–Trinajstić information content (AvgIpc) is 2.05. The summed E-state index contributed by atoms with van der Waals surface area (Å²) in [5.41, 5.74) is 4.43. The van der Waals surface area contributed by atoms with Gasteiger partial charge in [-0.1, -0.05) is 13.0 Å². The van der Waals surface area contributed by atoms with E-state index in [1.165, 1.54) is 11.1 Å². The van der Waals surface area contributed by atoms with Crippen molar-refractivity contribution in [3.05, 3.63) is 34.4 Å². The molecule has 0 aliphatic carbocycles. The molecule has 1 nitrogen and oxygen atoms in total. The fourth-order valence-corrected chi connectivity index (χ4v) is 1.42. The van der Waals surface area contributed by atoms with Crippen LogP contribution in [0.1, 0.15) is 34.0 Å². The van der Waals surface area contributed by atoms with Gasteiger partial charge < -0.3 is 0 Å². The molecule has 0 spiro atoms. The molecular formula is C11H14O. The minimum Gasteiger partial charge on any atom is -0.298 e. The number of hydrogen-bond donors (Lipinski definition) is 0. The number of carbonyl (C=O) groups is 1. The first-order valence-corrected chi connectivity index (χ1v) is 4.24. The van der Waals surface area contributed by atoms with Crippen LogP contribution in [0.2, 0.25) is 0 Å². The van der Waals surface area contributed by atoms with Crippen LogP contribution >= 0.6 is 0 Å². The summed E-state index contributed by atoms with van der Waals surface area (Å²) < 4.78 is 0. The Balaban J connectivity index is 3.26. The Hall–Kier alpha value is -1.11. The minimum atomic E-state index is 0.817. The van der Waals surface area contributed by atoms with Crippen LogP contribution in [0.25, 0.3) is 0 Å². The van der Waals surface area contributed by atoms with Crippen molar-refractivity contribution in [3.8, 4) is 0 Å². The van der Waals surface area contributed by atoms with Gasteiger partial charge in [-0.25, -0.2) is 0 Å². The maximum Gasteiger partial charge on any atom is 0.150 e. The lowest BCUT2D eigenvalue weighted by Gasteiger charge is -2.06. The lowest BCUT2D eigenvalue weighted by molar-refractivity contribution is 0.112. The predicted molar refractivity (Wildman–Crippen MR) is 50.7 cm³/mol. The van der Waals surface area contributed by atoms with Gasteiger partial charge in [0, 0.05) is 5.56 Å². The zero-order valence-corrected chi connectivity index (χ0v) is 7.85. The lowest BCUT2D eigenvalue weighted by Crippen LogP contribution is -1.93. The van der Waals surface area contributed by atoms with Crippen molar-refractivity contribution in [2.75, 3.05) is 0 Å². The van der Waals surface area contributed by atoms with Crippen LogP contribution in [0.5, 0.6) is 0 Å². The van der Waals surface area contributed by atoms with Gasteiger partial charge in [0.1, 0.15) is 6.29 Å². The van der Waals surface area contributed by atoms with Gasteiger partial charge >= 0.3 is 0 Å². The zero-order valence-electron chi connectivity index (χ0n) is 7.85. The fraction of sp³-hybridized carbons (Fsp3) is 0.364. The number of rotatable bonds is 2. The van der Waals surface area contributed by atoms with E-state index < -0.39 is 0 Å². The molecule has 0 atom stereocenters. The van der Waals surface area contributed by atoms with Gasteiger partial charge in [-0.05, 0) is 43.0 Å². The van der Waals surface area contributed by atoms with Gasteiger partial charge in [0.25, 0.3) is 0 Å². The van der Waals surface area contributed by atoms with E-state index in [4.69, 9.17) is 0 Å². The summed E-state index contributed by atoms with van der Waals surface area (Å²) in [5.74, 6) is 0. The Kier molecular flexibility index (Phi) is 2.64. The maximum absolute atomic E-state index is 10.6. The highest BCUT2D eigenvalue weighted by Gasteiger charge is 2.01. The molecule has 0 amide bonds. The van der Waals surface area contributed by atoms with E-state index in [-0.39, 0.29) is 0 Å². The molecule has 0 radical (unpaired) electrons. The van der Waals surface area contributed by atoms with Crippen LogP contribution < -0.4 is 0 Å². The monoisotopic (exact) mass is 162 g/mol. The molecule has 0 saturated carbocycles. The van der Waals surface area contributed by atoms with Gasteiger partial charge in [-0.3, -0.25) is 4.79 Å². The second-order valence-electron chi connectivity index (χ2n) is 3.11. The quantitative estimate of drug-likeness (QED) is 0.611. The maximum atomic E-state index is 10.6. The summed E-state index contributed by atoms with van der Waals surface area (Å²) >= 11 is 0.